The van der Waals surface area contributed by atoms with Crippen molar-refractivity contribution in [3.63, 3.8) is 0 Å². The monoisotopic (exact) mass is 338 g/mol. The third-order valence-corrected chi connectivity index (χ3v) is 3.49. The van der Waals surface area contributed by atoms with Crippen LogP contribution in [0.3, 0.4) is 0 Å². The molecule has 2 aromatic rings. The van der Waals surface area contributed by atoms with Crippen LogP contribution in [0.25, 0.3) is 0 Å². The van der Waals surface area contributed by atoms with E-state index in [4.69, 9.17) is 4.74 Å². The molecule has 3 rings (SSSR count). The number of nitrogens with zero attached hydrogens (tertiary/aromatic N) is 3. The Kier molecular flexibility index (Phi) is 4.61. The number of carbonyl (C=O) groups is 1. The number of nitrogens with one attached hydrogen (secondary N) is 1. The molecule has 1 aromatic heterocycles. The quantitative estimate of drug-likeness (QED) is 0.867. The molecule has 0 saturated carbocycles. The van der Waals surface area contributed by atoms with Gasteiger partial charge in [0, 0.05) is 13.1 Å². The Morgan fingerprint density at radius 3 is 2.50 bits per heavy atom. The number of morpholine rings is 1. The lowest BCUT2D eigenvalue weighted by molar-refractivity contribution is 0.102. The molecule has 0 radical (unpaired) electrons. The Bertz CT molecular complexity index is 749. The molecule has 0 aliphatic carbocycles. The van der Waals surface area contributed by atoms with Gasteiger partial charge >= 0.3 is 0 Å². The number of anilines is 2. The molecule has 1 aromatic carbocycles. The lowest BCUT2D eigenvalue weighted by atomic mass is 10.2. The number of benzene rings is 1. The molecular formula is C15H13F3N4O2. The van der Waals surface area contributed by atoms with Crippen LogP contribution in [-0.4, -0.2) is 42.2 Å². The van der Waals surface area contributed by atoms with E-state index in [-0.39, 0.29) is 5.69 Å². The number of aromatic nitrogens is 2. The third kappa shape index (κ3) is 3.30. The minimum Gasteiger partial charge on any atom is -0.378 e. The topological polar surface area (TPSA) is 67.4 Å². The summed E-state index contributed by atoms with van der Waals surface area (Å²) in [5.41, 5.74) is -0.547. The molecule has 2 heterocycles. The number of carbonyl (C=O) groups excluding carboxylic acids is 1. The first-order valence-corrected chi connectivity index (χ1v) is 7.16. The third-order valence-electron chi connectivity index (χ3n) is 3.49. The normalized spacial score (nSPS) is 14.5. The number of rotatable bonds is 3. The van der Waals surface area contributed by atoms with Crippen LogP contribution in [0, 0.1) is 17.5 Å². The minimum atomic E-state index is -1.65. The van der Waals surface area contributed by atoms with Gasteiger partial charge in [-0.15, -0.1) is 0 Å². The molecule has 6 nitrogen and oxygen atoms in total. The second-order valence-electron chi connectivity index (χ2n) is 5.04. The standard InChI is InChI=1S/C15H13F3N4O2/c16-9-1-2-10(14(18)13(9)17)21-15(23)11-7-20-12(8-19-11)22-3-5-24-6-4-22/h1-2,7-8H,3-6H2,(H,21,23). The zero-order chi connectivity index (χ0) is 17.1. The molecule has 0 unspecified atom stereocenters. The van der Waals surface area contributed by atoms with E-state index in [9.17, 15) is 18.0 Å². The number of halogens is 3. The molecule has 1 N–H and O–H groups in total. The van der Waals surface area contributed by atoms with E-state index in [0.29, 0.717) is 32.1 Å². The van der Waals surface area contributed by atoms with Gasteiger partial charge in [-0.3, -0.25) is 4.79 Å². The van der Waals surface area contributed by atoms with Crippen molar-refractivity contribution < 1.29 is 22.7 Å². The van der Waals surface area contributed by atoms with Crippen molar-refractivity contribution in [2.75, 3.05) is 36.5 Å². The average molecular weight is 338 g/mol. The maximum atomic E-state index is 13.6. The smallest absolute Gasteiger partial charge is 0.275 e. The fourth-order valence-electron chi connectivity index (χ4n) is 2.20. The van der Waals surface area contributed by atoms with E-state index in [0.717, 1.165) is 12.1 Å². The highest BCUT2D eigenvalue weighted by molar-refractivity contribution is 6.02. The fraction of sp³-hybridized carbons (Fsp3) is 0.267. The van der Waals surface area contributed by atoms with Gasteiger partial charge in [0.25, 0.3) is 5.91 Å². The number of ether oxygens (including phenoxy) is 1. The number of amides is 1. The Morgan fingerprint density at radius 2 is 1.83 bits per heavy atom. The van der Waals surface area contributed by atoms with E-state index >= 15 is 0 Å². The fourth-order valence-corrected chi connectivity index (χ4v) is 2.20. The molecule has 1 fully saturated rings. The minimum absolute atomic E-state index is 0.0730. The highest BCUT2D eigenvalue weighted by Crippen LogP contribution is 2.20. The van der Waals surface area contributed by atoms with Gasteiger partial charge in [0.15, 0.2) is 17.5 Å². The molecule has 0 bridgehead atoms. The molecule has 126 valence electrons. The van der Waals surface area contributed by atoms with Gasteiger partial charge in [0.1, 0.15) is 11.5 Å². The summed E-state index contributed by atoms with van der Waals surface area (Å²) in [5.74, 6) is -4.64. The maximum absolute atomic E-state index is 13.6. The zero-order valence-electron chi connectivity index (χ0n) is 12.4. The summed E-state index contributed by atoms with van der Waals surface area (Å²) in [4.78, 5) is 22.1. The van der Waals surface area contributed by atoms with Crippen LogP contribution in [0.2, 0.25) is 0 Å². The van der Waals surface area contributed by atoms with Crippen LogP contribution in [0.1, 0.15) is 10.5 Å². The molecule has 1 aliphatic rings. The van der Waals surface area contributed by atoms with Crippen LogP contribution in [0.15, 0.2) is 24.5 Å². The maximum Gasteiger partial charge on any atom is 0.275 e. The van der Waals surface area contributed by atoms with Crippen LogP contribution >= 0.6 is 0 Å². The highest BCUT2D eigenvalue weighted by atomic mass is 19.2. The van der Waals surface area contributed by atoms with E-state index in [1.54, 1.807) is 0 Å². The lowest BCUT2D eigenvalue weighted by Crippen LogP contribution is -2.36. The van der Waals surface area contributed by atoms with E-state index < -0.39 is 29.0 Å². The van der Waals surface area contributed by atoms with Crippen LogP contribution in [0.5, 0.6) is 0 Å². The van der Waals surface area contributed by atoms with Crippen LogP contribution in [0.4, 0.5) is 24.7 Å². The first-order chi connectivity index (χ1) is 11.6. The second-order valence-corrected chi connectivity index (χ2v) is 5.04. The molecule has 9 heteroatoms. The second kappa shape index (κ2) is 6.83. The van der Waals surface area contributed by atoms with Gasteiger partial charge in [0.2, 0.25) is 0 Å². The summed E-state index contributed by atoms with van der Waals surface area (Å²) < 4.78 is 44.8. The predicted molar refractivity (Wildman–Crippen MR) is 79.3 cm³/mol. The molecule has 0 atom stereocenters. The van der Waals surface area contributed by atoms with E-state index in [1.807, 2.05) is 4.90 Å². The molecule has 1 amide bonds. The summed E-state index contributed by atoms with van der Waals surface area (Å²) in [6.45, 7) is 2.50. The van der Waals surface area contributed by atoms with Gasteiger partial charge in [0.05, 0.1) is 31.3 Å². The van der Waals surface area contributed by atoms with Gasteiger partial charge < -0.3 is 15.0 Å². The first-order valence-electron chi connectivity index (χ1n) is 7.16. The Morgan fingerprint density at radius 1 is 1.08 bits per heavy atom. The zero-order valence-corrected chi connectivity index (χ0v) is 12.4. The summed E-state index contributed by atoms with van der Waals surface area (Å²) in [6.07, 6.45) is 2.65. The van der Waals surface area contributed by atoms with Gasteiger partial charge in [-0.05, 0) is 12.1 Å². The largest absolute Gasteiger partial charge is 0.378 e. The van der Waals surface area contributed by atoms with Gasteiger partial charge in [-0.25, -0.2) is 23.1 Å². The van der Waals surface area contributed by atoms with Crippen molar-refractivity contribution in [1.29, 1.82) is 0 Å². The average Bonchev–Trinajstić information content (AvgIpc) is 2.63. The SMILES string of the molecule is O=C(Nc1ccc(F)c(F)c1F)c1cnc(N2CCOCC2)cn1. The lowest BCUT2D eigenvalue weighted by Gasteiger charge is -2.27. The predicted octanol–water partition coefficient (Wildman–Crippen LogP) is 1.98. The van der Waals surface area contributed by atoms with Crippen molar-refractivity contribution in [3.8, 4) is 0 Å². The van der Waals surface area contributed by atoms with Crippen molar-refractivity contribution in [2.24, 2.45) is 0 Å². The van der Waals surface area contributed by atoms with Crippen molar-refractivity contribution in [3.05, 3.63) is 47.7 Å². The number of hydrogen-bond donors (Lipinski definition) is 1. The van der Waals surface area contributed by atoms with Gasteiger partial charge in [-0.2, -0.15) is 0 Å². The molecular weight excluding hydrogens is 325 g/mol. The summed E-state index contributed by atoms with van der Waals surface area (Å²) in [5, 5.41) is 2.14. The highest BCUT2D eigenvalue weighted by Gasteiger charge is 2.18. The molecule has 0 spiro atoms. The summed E-state index contributed by atoms with van der Waals surface area (Å²) >= 11 is 0. The summed E-state index contributed by atoms with van der Waals surface area (Å²) in [6, 6.07) is 1.66. The van der Waals surface area contributed by atoms with Crippen LogP contribution in [-0.2, 0) is 4.74 Å². The first kappa shape index (κ1) is 16.2. The molecule has 1 saturated heterocycles. The molecule has 1 aliphatic heterocycles. The van der Waals surface area contributed by atoms with Crippen molar-refractivity contribution in [2.45, 2.75) is 0 Å². The van der Waals surface area contributed by atoms with Crippen LogP contribution < -0.4 is 10.2 Å². The molecule has 24 heavy (non-hydrogen) atoms. The summed E-state index contributed by atoms with van der Waals surface area (Å²) in [7, 11) is 0. The van der Waals surface area contributed by atoms with E-state index in [1.165, 1.54) is 12.4 Å². The van der Waals surface area contributed by atoms with Crippen molar-refractivity contribution >= 4 is 17.4 Å². The van der Waals surface area contributed by atoms with Crippen molar-refractivity contribution in [1.82, 2.24) is 9.97 Å². The van der Waals surface area contributed by atoms with Gasteiger partial charge in [-0.1, -0.05) is 0 Å². The Labute approximate surface area is 135 Å². The Balaban J connectivity index is 1.72. The Hall–Kier alpha value is -2.68. The van der Waals surface area contributed by atoms with E-state index in [2.05, 4.69) is 15.3 Å². The number of hydrogen-bond acceptors (Lipinski definition) is 5.